The predicted molar refractivity (Wildman–Crippen MR) is 99.9 cm³/mol. The number of halogens is 1. The number of nitrogens with one attached hydrogen (secondary N) is 1. The molecule has 0 spiro atoms. The Bertz CT molecular complexity index is 852. The van der Waals surface area contributed by atoms with Crippen molar-refractivity contribution in [3.8, 4) is 11.4 Å². The van der Waals surface area contributed by atoms with Gasteiger partial charge in [0, 0.05) is 31.4 Å². The summed E-state index contributed by atoms with van der Waals surface area (Å²) in [6.07, 6.45) is 4.89. The lowest BCUT2D eigenvalue weighted by Gasteiger charge is -2.34. The monoisotopic (exact) mass is 372 g/mol. The standard InChI is InChI=1S/C18H21ClN6O/c1-24-17(14-10-20-21-11-14)22-23-18(24)25-8-6-13(7-9-25)16(26)12-2-4-15(19)5-3-12/h2-5,10-11,13,16,26H,6-9H2,1H3,(H,20,21). The lowest BCUT2D eigenvalue weighted by Crippen LogP contribution is -2.37. The molecular weight excluding hydrogens is 352 g/mol. The lowest BCUT2D eigenvalue weighted by atomic mass is 9.87. The maximum atomic E-state index is 10.7. The van der Waals surface area contributed by atoms with Crippen LogP contribution in [0.5, 0.6) is 0 Å². The molecule has 0 bridgehead atoms. The molecule has 1 aliphatic rings. The van der Waals surface area contributed by atoms with Gasteiger partial charge in [-0.05, 0) is 36.5 Å². The zero-order valence-electron chi connectivity index (χ0n) is 14.5. The Kier molecular flexibility index (Phi) is 4.65. The third-order valence-electron chi connectivity index (χ3n) is 5.09. The van der Waals surface area contributed by atoms with Gasteiger partial charge in [0.15, 0.2) is 5.82 Å². The summed E-state index contributed by atoms with van der Waals surface area (Å²) in [5.74, 6) is 1.87. The van der Waals surface area contributed by atoms with Gasteiger partial charge in [-0.15, -0.1) is 10.2 Å². The van der Waals surface area contributed by atoms with Crippen molar-refractivity contribution in [1.29, 1.82) is 0 Å². The first-order valence-corrected chi connectivity index (χ1v) is 9.08. The first-order valence-electron chi connectivity index (χ1n) is 8.70. The Morgan fingerprint density at radius 3 is 2.58 bits per heavy atom. The van der Waals surface area contributed by atoms with Gasteiger partial charge in [-0.3, -0.25) is 9.67 Å². The quantitative estimate of drug-likeness (QED) is 0.735. The van der Waals surface area contributed by atoms with E-state index < -0.39 is 6.10 Å². The molecule has 1 aromatic carbocycles. The van der Waals surface area contributed by atoms with E-state index in [1.807, 2.05) is 42.1 Å². The molecule has 1 unspecified atom stereocenters. The zero-order chi connectivity index (χ0) is 18.1. The molecular formula is C18H21ClN6O. The Hall–Kier alpha value is -2.38. The molecule has 2 N–H and O–H groups in total. The van der Waals surface area contributed by atoms with Crippen molar-refractivity contribution in [2.24, 2.45) is 13.0 Å². The van der Waals surface area contributed by atoms with Crippen molar-refractivity contribution in [3.63, 3.8) is 0 Å². The van der Waals surface area contributed by atoms with E-state index in [-0.39, 0.29) is 5.92 Å². The molecule has 0 radical (unpaired) electrons. The number of hydrogen-bond donors (Lipinski definition) is 2. The summed E-state index contributed by atoms with van der Waals surface area (Å²) >= 11 is 5.93. The van der Waals surface area contributed by atoms with E-state index in [2.05, 4.69) is 25.3 Å². The number of nitrogens with zero attached hydrogens (tertiary/aromatic N) is 5. The minimum atomic E-state index is -0.463. The largest absolute Gasteiger partial charge is 0.388 e. The fourth-order valence-electron chi connectivity index (χ4n) is 3.57. The number of aliphatic hydroxyl groups is 1. The van der Waals surface area contributed by atoms with Gasteiger partial charge in [0.25, 0.3) is 0 Å². The number of H-pyrrole nitrogens is 1. The second-order valence-electron chi connectivity index (χ2n) is 6.69. The molecule has 8 heteroatoms. The summed E-state index contributed by atoms with van der Waals surface area (Å²) in [5, 5.41) is 26.8. The van der Waals surface area contributed by atoms with Gasteiger partial charge in [-0.2, -0.15) is 5.10 Å². The van der Waals surface area contributed by atoms with Gasteiger partial charge in [-0.25, -0.2) is 0 Å². The molecule has 136 valence electrons. The number of rotatable bonds is 4. The Labute approximate surface area is 156 Å². The van der Waals surface area contributed by atoms with Crippen LogP contribution in [0, 0.1) is 5.92 Å². The van der Waals surface area contributed by atoms with Gasteiger partial charge in [0.1, 0.15) is 0 Å². The van der Waals surface area contributed by atoms with Crippen LogP contribution in [-0.2, 0) is 7.05 Å². The van der Waals surface area contributed by atoms with Crippen molar-refractivity contribution < 1.29 is 5.11 Å². The number of aromatic nitrogens is 5. The summed E-state index contributed by atoms with van der Waals surface area (Å²) < 4.78 is 1.99. The third-order valence-corrected chi connectivity index (χ3v) is 5.34. The number of hydrogen-bond acceptors (Lipinski definition) is 5. The van der Waals surface area contributed by atoms with Crippen molar-refractivity contribution >= 4 is 17.5 Å². The highest BCUT2D eigenvalue weighted by Crippen LogP contribution is 2.33. The third kappa shape index (κ3) is 3.20. The number of benzene rings is 1. The number of anilines is 1. The SMILES string of the molecule is Cn1c(-c2cn[nH]c2)nnc1N1CCC(C(O)c2ccc(Cl)cc2)CC1. The molecule has 1 aliphatic heterocycles. The first kappa shape index (κ1) is 17.1. The van der Waals surface area contributed by atoms with E-state index in [9.17, 15) is 5.11 Å². The maximum absolute atomic E-state index is 10.7. The fraction of sp³-hybridized carbons (Fsp3) is 0.389. The van der Waals surface area contributed by atoms with Crippen LogP contribution in [0.4, 0.5) is 5.95 Å². The lowest BCUT2D eigenvalue weighted by molar-refractivity contribution is 0.0927. The minimum absolute atomic E-state index is 0.231. The van der Waals surface area contributed by atoms with E-state index in [4.69, 9.17) is 11.6 Å². The normalized spacial score (nSPS) is 16.8. The molecule has 0 amide bonds. The van der Waals surface area contributed by atoms with E-state index in [0.29, 0.717) is 5.02 Å². The van der Waals surface area contributed by atoms with E-state index in [1.165, 1.54) is 0 Å². The Balaban J connectivity index is 1.43. The zero-order valence-corrected chi connectivity index (χ0v) is 15.3. The molecule has 26 heavy (non-hydrogen) atoms. The smallest absolute Gasteiger partial charge is 0.227 e. The van der Waals surface area contributed by atoms with Crippen LogP contribution >= 0.6 is 11.6 Å². The van der Waals surface area contributed by atoms with Crippen LogP contribution in [0.1, 0.15) is 24.5 Å². The van der Waals surface area contributed by atoms with Crippen LogP contribution in [0.2, 0.25) is 5.02 Å². The highest BCUT2D eigenvalue weighted by Gasteiger charge is 2.28. The van der Waals surface area contributed by atoms with E-state index in [1.54, 1.807) is 6.20 Å². The number of aromatic amines is 1. The highest BCUT2D eigenvalue weighted by atomic mass is 35.5. The molecule has 1 fully saturated rings. The fourth-order valence-corrected chi connectivity index (χ4v) is 3.69. The maximum Gasteiger partial charge on any atom is 0.227 e. The van der Waals surface area contributed by atoms with Crippen LogP contribution in [0.25, 0.3) is 11.4 Å². The van der Waals surface area contributed by atoms with Crippen LogP contribution in [0.3, 0.4) is 0 Å². The van der Waals surface area contributed by atoms with Gasteiger partial charge in [0.05, 0.1) is 17.9 Å². The molecule has 1 saturated heterocycles. The second kappa shape index (κ2) is 7.09. The van der Waals surface area contributed by atoms with Crippen LogP contribution in [-0.4, -0.2) is 43.2 Å². The average molecular weight is 373 g/mol. The van der Waals surface area contributed by atoms with Gasteiger partial charge in [0.2, 0.25) is 5.95 Å². The summed E-state index contributed by atoms with van der Waals surface area (Å²) in [6, 6.07) is 7.46. The molecule has 4 rings (SSSR count). The van der Waals surface area contributed by atoms with Gasteiger partial charge < -0.3 is 10.0 Å². The second-order valence-corrected chi connectivity index (χ2v) is 7.13. The summed E-state index contributed by atoms with van der Waals surface area (Å²) in [6.45, 7) is 1.68. The summed E-state index contributed by atoms with van der Waals surface area (Å²) in [4.78, 5) is 2.22. The Morgan fingerprint density at radius 1 is 1.19 bits per heavy atom. The van der Waals surface area contributed by atoms with E-state index in [0.717, 1.165) is 48.8 Å². The molecule has 7 nitrogen and oxygen atoms in total. The Morgan fingerprint density at radius 2 is 1.92 bits per heavy atom. The molecule has 3 heterocycles. The summed E-state index contributed by atoms with van der Waals surface area (Å²) in [5.41, 5.74) is 1.84. The minimum Gasteiger partial charge on any atom is -0.388 e. The van der Waals surface area contributed by atoms with E-state index >= 15 is 0 Å². The molecule has 3 aromatic rings. The molecule has 1 atom stereocenters. The molecule has 2 aromatic heterocycles. The van der Waals surface area contributed by atoms with Crippen molar-refractivity contribution in [2.75, 3.05) is 18.0 Å². The van der Waals surface area contributed by atoms with Crippen molar-refractivity contribution in [3.05, 3.63) is 47.2 Å². The molecule has 0 aliphatic carbocycles. The predicted octanol–water partition coefficient (Wildman–Crippen LogP) is 2.81. The summed E-state index contributed by atoms with van der Waals surface area (Å²) in [7, 11) is 1.96. The highest BCUT2D eigenvalue weighted by molar-refractivity contribution is 6.30. The van der Waals surface area contributed by atoms with Crippen molar-refractivity contribution in [2.45, 2.75) is 18.9 Å². The van der Waals surface area contributed by atoms with Crippen molar-refractivity contribution in [1.82, 2.24) is 25.0 Å². The van der Waals surface area contributed by atoms with Gasteiger partial charge >= 0.3 is 0 Å². The number of piperidine rings is 1. The average Bonchev–Trinajstić information content (AvgIpc) is 3.31. The molecule has 0 saturated carbocycles. The topological polar surface area (TPSA) is 82.9 Å². The van der Waals surface area contributed by atoms with Gasteiger partial charge in [-0.1, -0.05) is 23.7 Å². The van der Waals surface area contributed by atoms with Crippen LogP contribution < -0.4 is 4.90 Å². The van der Waals surface area contributed by atoms with Crippen LogP contribution in [0.15, 0.2) is 36.7 Å². The first-order chi connectivity index (χ1) is 12.6. The number of aliphatic hydroxyl groups excluding tert-OH is 1.